The van der Waals surface area contributed by atoms with Crippen LogP contribution in [0.5, 0.6) is 6.01 Å². The summed E-state index contributed by atoms with van der Waals surface area (Å²) in [6.07, 6.45) is 1.60. The van der Waals surface area contributed by atoms with Gasteiger partial charge in [-0.2, -0.15) is 0 Å². The second-order valence-electron chi connectivity index (χ2n) is 3.90. The smallest absolute Gasteiger partial charge is 0.299 e. The highest BCUT2D eigenvalue weighted by Gasteiger charge is 2.08. The lowest BCUT2D eigenvalue weighted by molar-refractivity contribution is 0.350. The fourth-order valence-corrected chi connectivity index (χ4v) is 1.67. The number of anilines is 1. The Labute approximate surface area is 104 Å². The first kappa shape index (κ1) is 12.1. The third-order valence-electron chi connectivity index (χ3n) is 2.47. The Hall–Kier alpha value is -2.37. The van der Waals surface area contributed by atoms with Gasteiger partial charge >= 0.3 is 0 Å². The fraction of sp³-hybridized carbons (Fsp3) is 0.250. The second kappa shape index (κ2) is 4.87. The summed E-state index contributed by atoms with van der Waals surface area (Å²) in [5, 5.41) is 0. The lowest BCUT2D eigenvalue weighted by Crippen LogP contribution is -2.23. The number of rotatable bonds is 3. The third kappa shape index (κ3) is 2.48. The van der Waals surface area contributed by atoms with Crippen molar-refractivity contribution in [3.63, 3.8) is 0 Å². The Bertz CT molecular complexity index is 622. The molecule has 0 unspecified atom stereocenters. The summed E-state index contributed by atoms with van der Waals surface area (Å²) in [5.41, 5.74) is 6.94. The van der Waals surface area contributed by atoms with E-state index < -0.39 is 0 Å². The topological polar surface area (TPSA) is 83.0 Å². The highest BCUT2D eigenvalue weighted by molar-refractivity contribution is 5.32. The number of methoxy groups -OCH3 is 1. The van der Waals surface area contributed by atoms with Gasteiger partial charge in [0.1, 0.15) is 5.82 Å². The molecule has 0 saturated carbocycles. The molecule has 0 aromatic carbocycles. The van der Waals surface area contributed by atoms with Crippen LogP contribution in [0.3, 0.4) is 0 Å². The van der Waals surface area contributed by atoms with E-state index in [9.17, 15) is 4.79 Å². The average molecular weight is 246 g/mol. The molecule has 2 heterocycles. The zero-order valence-corrected chi connectivity index (χ0v) is 10.3. The summed E-state index contributed by atoms with van der Waals surface area (Å²) < 4.78 is 6.56. The van der Waals surface area contributed by atoms with E-state index in [0.29, 0.717) is 18.1 Å². The summed E-state index contributed by atoms with van der Waals surface area (Å²) in [6, 6.07) is 5.26. The molecule has 0 spiro atoms. The number of hydrogen-bond donors (Lipinski definition) is 1. The lowest BCUT2D eigenvalue weighted by Gasteiger charge is -2.11. The SMILES string of the molecule is COc1nc(C)cc(=O)n1Cc1ccnc(N)c1. The van der Waals surface area contributed by atoms with Crippen molar-refractivity contribution in [1.29, 1.82) is 0 Å². The second-order valence-corrected chi connectivity index (χ2v) is 3.90. The predicted molar refractivity (Wildman–Crippen MR) is 67.5 cm³/mol. The van der Waals surface area contributed by atoms with E-state index in [1.54, 1.807) is 25.3 Å². The summed E-state index contributed by atoms with van der Waals surface area (Å²) in [6.45, 7) is 2.10. The van der Waals surface area contributed by atoms with Crippen molar-refractivity contribution in [2.45, 2.75) is 13.5 Å². The maximum atomic E-state index is 11.9. The van der Waals surface area contributed by atoms with Crippen molar-refractivity contribution in [2.75, 3.05) is 12.8 Å². The molecule has 0 aliphatic heterocycles. The zero-order chi connectivity index (χ0) is 13.1. The van der Waals surface area contributed by atoms with Gasteiger partial charge in [0, 0.05) is 18.0 Å². The van der Waals surface area contributed by atoms with Crippen molar-refractivity contribution in [2.24, 2.45) is 0 Å². The van der Waals surface area contributed by atoms with Crippen molar-refractivity contribution >= 4 is 5.82 Å². The Balaban J connectivity index is 2.43. The number of hydrogen-bond acceptors (Lipinski definition) is 5. The highest BCUT2D eigenvalue weighted by Crippen LogP contribution is 2.09. The van der Waals surface area contributed by atoms with E-state index in [2.05, 4.69) is 9.97 Å². The van der Waals surface area contributed by atoms with Crippen LogP contribution in [0.15, 0.2) is 29.2 Å². The Morgan fingerprint density at radius 3 is 2.89 bits per heavy atom. The molecule has 0 aliphatic rings. The maximum Gasteiger partial charge on any atom is 0.299 e. The van der Waals surface area contributed by atoms with Gasteiger partial charge in [0.25, 0.3) is 11.6 Å². The highest BCUT2D eigenvalue weighted by atomic mass is 16.5. The van der Waals surface area contributed by atoms with Crippen LogP contribution in [0.25, 0.3) is 0 Å². The lowest BCUT2D eigenvalue weighted by atomic mass is 10.2. The molecule has 2 N–H and O–H groups in total. The van der Waals surface area contributed by atoms with E-state index in [0.717, 1.165) is 5.56 Å². The van der Waals surface area contributed by atoms with Gasteiger partial charge in [-0.25, -0.2) is 9.97 Å². The van der Waals surface area contributed by atoms with Gasteiger partial charge in [-0.05, 0) is 24.6 Å². The molecule has 18 heavy (non-hydrogen) atoms. The largest absolute Gasteiger partial charge is 0.468 e. The average Bonchev–Trinajstić information content (AvgIpc) is 2.32. The van der Waals surface area contributed by atoms with Crippen LogP contribution in [0.1, 0.15) is 11.3 Å². The van der Waals surface area contributed by atoms with Crippen molar-refractivity contribution in [3.05, 3.63) is 46.0 Å². The minimum atomic E-state index is -0.158. The molecule has 0 amide bonds. The first-order valence-electron chi connectivity index (χ1n) is 5.43. The first-order valence-corrected chi connectivity index (χ1v) is 5.43. The number of pyridine rings is 1. The van der Waals surface area contributed by atoms with Crippen LogP contribution in [0, 0.1) is 6.92 Å². The molecular formula is C12H14N4O2. The van der Waals surface area contributed by atoms with Gasteiger partial charge in [-0.15, -0.1) is 0 Å². The molecule has 0 aliphatic carbocycles. The summed E-state index contributed by atoms with van der Waals surface area (Å²) in [5.74, 6) is 0.416. The van der Waals surface area contributed by atoms with Crippen molar-refractivity contribution in [3.8, 4) is 6.01 Å². The maximum absolute atomic E-state index is 11.9. The van der Waals surface area contributed by atoms with Gasteiger partial charge in [0.15, 0.2) is 0 Å². The summed E-state index contributed by atoms with van der Waals surface area (Å²) >= 11 is 0. The number of ether oxygens (including phenoxy) is 1. The minimum Gasteiger partial charge on any atom is -0.468 e. The Morgan fingerprint density at radius 1 is 1.44 bits per heavy atom. The van der Waals surface area contributed by atoms with Crippen LogP contribution >= 0.6 is 0 Å². The van der Waals surface area contributed by atoms with Gasteiger partial charge in [0.05, 0.1) is 13.7 Å². The Morgan fingerprint density at radius 2 is 2.22 bits per heavy atom. The number of nitrogen functional groups attached to an aromatic ring is 1. The molecular weight excluding hydrogens is 232 g/mol. The van der Waals surface area contributed by atoms with Crippen LogP contribution < -0.4 is 16.0 Å². The quantitative estimate of drug-likeness (QED) is 0.856. The summed E-state index contributed by atoms with van der Waals surface area (Å²) in [7, 11) is 1.48. The number of aryl methyl sites for hydroxylation is 1. The van der Waals surface area contributed by atoms with E-state index in [-0.39, 0.29) is 11.6 Å². The third-order valence-corrected chi connectivity index (χ3v) is 2.47. The minimum absolute atomic E-state index is 0.158. The molecule has 2 aromatic rings. The first-order chi connectivity index (χ1) is 8.60. The normalized spacial score (nSPS) is 10.3. The molecule has 0 atom stereocenters. The number of nitrogens with two attached hydrogens (primary N) is 1. The van der Waals surface area contributed by atoms with Gasteiger partial charge in [-0.1, -0.05) is 0 Å². The molecule has 6 heteroatoms. The fourth-order valence-electron chi connectivity index (χ4n) is 1.67. The van der Waals surface area contributed by atoms with Gasteiger partial charge in [-0.3, -0.25) is 9.36 Å². The van der Waals surface area contributed by atoms with E-state index in [1.165, 1.54) is 17.7 Å². The molecule has 2 rings (SSSR count). The monoisotopic (exact) mass is 246 g/mol. The molecule has 0 saturated heterocycles. The zero-order valence-electron chi connectivity index (χ0n) is 10.3. The molecule has 2 aromatic heterocycles. The molecule has 6 nitrogen and oxygen atoms in total. The number of nitrogens with zero attached hydrogens (tertiary/aromatic N) is 3. The van der Waals surface area contributed by atoms with Crippen LogP contribution in [-0.4, -0.2) is 21.6 Å². The van der Waals surface area contributed by atoms with Crippen LogP contribution in [-0.2, 0) is 6.54 Å². The molecule has 0 fully saturated rings. The number of aromatic nitrogens is 3. The van der Waals surface area contributed by atoms with Gasteiger partial charge in [0.2, 0.25) is 0 Å². The molecule has 0 bridgehead atoms. The molecule has 0 radical (unpaired) electrons. The summed E-state index contributed by atoms with van der Waals surface area (Å²) in [4.78, 5) is 20.0. The Kier molecular flexibility index (Phi) is 3.27. The van der Waals surface area contributed by atoms with E-state index in [1.807, 2.05) is 0 Å². The van der Waals surface area contributed by atoms with Crippen LogP contribution in [0.4, 0.5) is 5.82 Å². The predicted octanol–water partition coefficient (Wildman–Crippen LogP) is 0.586. The molecule has 94 valence electrons. The van der Waals surface area contributed by atoms with E-state index in [4.69, 9.17) is 10.5 Å². The van der Waals surface area contributed by atoms with E-state index >= 15 is 0 Å². The van der Waals surface area contributed by atoms with Crippen molar-refractivity contribution in [1.82, 2.24) is 14.5 Å². The standard InChI is InChI=1S/C12H14N4O2/c1-8-5-11(17)16(12(15-8)18-2)7-9-3-4-14-10(13)6-9/h3-6H,7H2,1-2H3,(H2,13,14). The van der Waals surface area contributed by atoms with Gasteiger partial charge < -0.3 is 10.5 Å². The van der Waals surface area contributed by atoms with Crippen LogP contribution in [0.2, 0.25) is 0 Å². The van der Waals surface area contributed by atoms with Crippen molar-refractivity contribution < 1.29 is 4.74 Å².